The zero-order valence-corrected chi connectivity index (χ0v) is 13.3. The van der Waals surface area contributed by atoms with Crippen LogP contribution in [-0.4, -0.2) is 32.1 Å². The number of halogens is 4. The van der Waals surface area contributed by atoms with E-state index in [4.69, 9.17) is 4.74 Å². The summed E-state index contributed by atoms with van der Waals surface area (Å²) in [5.74, 6) is 0.386. The van der Waals surface area contributed by atoms with Crippen molar-refractivity contribution in [2.45, 2.75) is 19.0 Å². The van der Waals surface area contributed by atoms with Gasteiger partial charge in [0, 0.05) is 6.54 Å². The number of hydrogen-bond acceptors (Lipinski definition) is 3. The first kappa shape index (κ1) is 19.6. The zero-order chi connectivity index (χ0) is 16.0. The van der Waals surface area contributed by atoms with E-state index >= 15 is 0 Å². The van der Waals surface area contributed by atoms with Crippen molar-refractivity contribution in [3.8, 4) is 5.75 Å². The number of hydrogen-bond donors (Lipinski definition) is 2. The number of benzene rings is 1. The van der Waals surface area contributed by atoms with E-state index in [1.54, 1.807) is 0 Å². The Labute approximate surface area is 139 Å². The Morgan fingerprint density at radius 2 is 2.00 bits per heavy atom. The average Bonchev–Trinajstić information content (AvgIpc) is 2.51. The van der Waals surface area contributed by atoms with Crippen molar-refractivity contribution in [2.75, 3.05) is 26.2 Å². The number of carbonyl (C=O) groups is 1. The van der Waals surface area contributed by atoms with E-state index in [1.807, 2.05) is 0 Å². The highest BCUT2D eigenvalue weighted by atomic mass is 35.5. The van der Waals surface area contributed by atoms with Gasteiger partial charge < -0.3 is 15.4 Å². The van der Waals surface area contributed by atoms with Crippen LogP contribution in [0.2, 0.25) is 0 Å². The topological polar surface area (TPSA) is 50.4 Å². The first-order valence-corrected chi connectivity index (χ1v) is 7.22. The summed E-state index contributed by atoms with van der Waals surface area (Å²) < 4.78 is 42.4. The minimum absolute atomic E-state index is 0. The number of carbonyl (C=O) groups excluding carboxylic acids is 1. The van der Waals surface area contributed by atoms with Crippen LogP contribution < -0.4 is 15.4 Å². The van der Waals surface area contributed by atoms with Crippen molar-refractivity contribution in [3.63, 3.8) is 0 Å². The lowest BCUT2D eigenvalue weighted by molar-refractivity contribution is -0.137. The summed E-state index contributed by atoms with van der Waals surface area (Å²) in [5, 5.41) is 6.03. The molecular formula is C15H20ClF3N2O2. The summed E-state index contributed by atoms with van der Waals surface area (Å²) in [6.07, 6.45) is -2.19. The van der Waals surface area contributed by atoms with E-state index in [0.29, 0.717) is 12.5 Å². The van der Waals surface area contributed by atoms with Gasteiger partial charge in [-0.25, -0.2) is 0 Å². The molecule has 4 nitrogen and oxygen atoms in total. The fourth-order valence-electron chi connectivity index (χ4n) is 2.30. The molecule has 1 saturated heterocycles. The molecule has 0 aromatic heterocycles. The summed E-state index contributed by atoms with van der Waals surface area (Å²) >= 11 is 0. The van der Waals surface area contributed by atoms with Crippen molar-refractivity contribution >= 4 is 18.3 Å². The second-order valence-electron chi connectivity index (χ2n) is 5.33. The van der Waals surface area contributed by atoms with Crippen molar-refractivity contribution in [3.05, 3.63) is 29.8 Å². The molecule has 0 aliphatic carbocycles. The smallest absolute Gasteiger partial charge is 0.416 e. The molecule has 1 amide bonds. The van der Waals surface area contributed by atoms with Crippen molar-refractivity contribution in [2.24, 2.45) is 5.92 Å². The van der Waals surface area contributed by atoms with Gasteiger partial charge in [-0.05, 0) is 56.1 Å². The lowest BCUT2D eigenvalue weighted by atomic mass is 10.00. The van der Waals surface area contributed by atoms with Crippen LogP contribution in [0, 0.1) is 5.92 Å². The lowest BCUT2D eigenvalue weighted by Gasteiger charge is -2.22. The molecule has 2 rings (SSSR count). The van der Waals surface area contributed by atoms with Crippen LogP contribution in [0.4, 0.5) is 13.2 Å². The summed E-state index contributed by atoms with van der Waals surface area (Å²) in [6, 6.07) is 4.28. The Bertz CT molecular complexity index is 488. The first-order valence-electron chi connectivity index (χ1n) is 7.22. The zero-order valence-electron chi connectivity index (χ0n) is 12.5. The Morgan fingerprint density at radius 3 is 2.57 bits per heavy atom. The molecule has 0 saturated carbocycles. The molecule has 0 radical (unpaired) electrons. The van der Waals surface area contributed by atoms with Gasteiger partial charge in [-0.2, -0.15) is 13.2 Å². The van der Waals surface area contributed by atoms with Gasteiger partial charge in [-0.3, -0.25) is 4.79 Å². The molecule has 1 aromatic rings. The van der Waals surface area contributed by atoms with E-state index in [-0.39, 0.29) is 30.7 Å². The number of alkyl halides is 3. The number of piperidine rings is 1. The second-order valence-corrected chi connectivity index (χ2v) is 5.33. The second kappa shape index (κ2) is 8.98. The lowest BCUT2D eigenvalue weighted by Crippen LogP contribution is -2.39. The Morgan fingerprint density at radius 1 is 1.30 bits per heavy atom. The van der Waals surface area contributed by atoms with E-state index < -0.39 is 11.7 Å². The standard InChI is InChI=1S/C15H19F3N2O2.ClH/c16-15(17,18)12-3-5-13(6-4-12)22-10-14(21)20-9-11-2-1-7-19-8-11;/h3-6,11,19H,1-2,7-10H2,(H,20,21);1H. The van der Waals surface area contributed by atoms with Gasteiger partial charge in [-0.15, -0.1) is 12.4 Å². The quantitative estimate of drug-likeness (QED) is 0.856. The first-order chi connectivity index (χ1) is 10.4. The average molecular weight is 353 g/mol. The normalized spacial score (nSPS) is 18.0. The van der Waals surface area contributed by atoms with Gasteiger partial charge in [0.25, 0.3) is 5.91 Å². The molecule has 1 aliphatic rings. The molecule has 0 spiro atoms. The van der Waals surface area contributed by atoms with Gasteiger partial charge in [0.15, 0.2) is 6.61 Å². The Balaban J connectivity index is 0.00000264. The molecule has 8 heteroatoms. The van der Waals surface area contributed by atoms with Crippen molar-refractivity contribution in [1.29, 1.82) is 0 Å². The van der Waals surface area contributed by atoms with Crippen LogP contribution in [-0.2, 0) is 11.0 Å². The number of ether oxygens (including phenoxy) is 1. The number of nitrogens with one attached hydrogen (secondary N) is 2. The highest BCUT2D eigenvalue weighted by Crippen LogP contribution is 2.30. The van der Waals surface area contributed by atoms with Gasteiger partial charge in [0.05, 0.1) is 5.56 Å². The monoisotopic (exact) mass is 352 g/mol. The molecule has 130 valence electrons. The van der Waals surface area contributed by atoms with Crippen molar-refractivity contribution < 1.29 is 22.7 Å². The van der Waals surface area contributed by atoms with Gasteiger partial charge in [0.1, 0.15) is 5.75 Å². The van der Waals surface area contributed by atoms with Gasteiger partial charge in [-0.1, -0.05) is 0 Å². The fourth-order valence-corrected chi connectivity index (χ4v) is 2.30. The molecular weight excluding hydrogens is 333 g/mol. The largest absolute Gasteiger partial charge is 0.484 e. The third-order valence-electron chi connectivity index (χ3n) is 3.54. The summed E-state index contributed by atoms with van der Waals surface area (Å²) in [6.45, 7) is 2.29. The third-order valence-corrected chi connectivity index (χ3v) is 3.54. The molecule has 1 unspecified atom stereocenters. The predicted molar refractivity (Wildman–Crippen MR) is 82.8 cm³/mol. The van der Waals surface area contributed by atoms with E-state index in [1.165, 1.54) is 12.1 Å². The van der Waals surface area contributed by atoms with Crippen LogP contribution in [0.3, 0.4) is 0 Å². The summed E-state index contributed by atoms with van der Waals surface area (Å²) in [7, 11) is 0. The van der Waals surface area contributed by atoms with E-state index in [2.05, 4.69) is 10.6 Å². The van der Waals surface area contributed by atoms with Crippen LogP contribution in [0.1, 0.15) is 18.4 Å². The molecule has 0 bridgehead atoms. The Hall–Kier alpha value is -1.47. The molecule has 1 atom stereocenters. The van der Waals surface area contributed by atoms with Crippen LogP contribution in [0.15, 0.2) is 24.3 Å². The maximum atomic E-state index is 12.4. The third kappa shape index (κ3) is 6.66. The molecule has 1 aliphatic heterocycles. The number of amides is 1. The van der Waals surface area contributed by atoms with Gasteiger partial charge >= 0.3 is 6.18 Å². The van der Waals surface area contributed by atoms with E-state index in [0.717, 1.165) is 38.1 Å². The van der Waals surface area contributed by atoms with E-state index in [9.17, 15) is 18.0 Å². The molecule has 1 fully saturated rings. The van der Waals surface area contributed by atoms with Crippen LogP contribution in [0.5, 0.6) is 5.75 Å². The van der Waals surface area contributed by atoms with Gasteiger partial charge in [0.2, 0.25) is 0 Å². The SMILES string of the molecule is Cl.O=C(COc1ccc(C(F)(F)F)cc1)NCC1CCCNC1. The minimum atomic E-state index is -4.37. The molecule has 2 N–H and O–H groups in total. The molecule has 1 aromatic carbocycles. The summed E-state index contributed by atoms with van der Waals surface area (Å²) in [4.78, 5) is 11.6. The Kier molecular flexibility index (Phi) is 7.64. The fraction of sp³-hybridized carbons (Fsp3) is 0.533. The highest BCUT2D eigenvalue weighted by molar-refractivity contribution is 5.85. The summed E-state index contributed by atoms with van der Waals surface area (Å²) in [5.41, 5.74) is -0.742. The van der Waals surface area contributed by atoms with Crippen LogP contribution >= 0.6 is 12.4 Å². The number of rotatable bonds is 5. The minimum Gasteiger partial charge on any atom is -0.484 e. The van der Waals surface area contributed by atoms with Crippen molar-refractivity contribution in [1.82, 2.24) is 10.6 Å². The maximum absolute atomic E-state index is 12.4. The van der Waals surface area contributed by atoms with Crippen LogP contribution in [0.25, 0.3) is 0 Å². The predicted octanol–water partition coefficient (Wildman–Crippen LogP) is 2.62. The molecule has 1 heterocycles. The maximum Gasteiger partial charge on any atom is 0.416 e. The highest BCUT2D eigenvalue weighted by Gasteiger charge is 2.30. The molecule has 23 heavy (non-hydrogen) atoms.